The minimum atomic E-state index is -0.574. The molecule has 2 rings (SSSR count). The molecule has 1 aromatic carbocycles. The van der Waals surface area contributed by atoms with E-state index in [1.807, 2.05) is 0 Å². The van der Waals surface area contributed by atoms with Crippen LogP contribution >= 0.6 is 0 Å². The normalized spacial score (nSPS) is 16.0. The average Bonchev–Trinajstić information content (AvgIpc) is 2.46. The summed E-state index contributed by atoms with van der Waals surface area (Å²) in [6.45, 7) is 0.916. The molecule has 1 heterocycles. The lowest BCUT2D eigenvalue weighted by Crippen LogP contribution is -2.40. The van der Waals surface area contributed by atoms with Crippen molar-refractivity contribution in [2.75, 3.05) is 20.2 Å². The van der Waals surface area contributed by atoms with Gasteiger partial charge in [-0.1, -0.05) is 0 Å². The number of carbonyl (C=O) groups is 1. The van der Waals surface area contributed by atoms with Gasteiger partial charge in [0.1, 0.15) is 0 Å². The van der Waals surface area contributed by atoms with Crippen LogP contribution in [0.3, 0.4) is 0 Å². The molecule has 0 atom stereocenters. The number of carbonyl (C=O) groups excluding carboxylic acids is 1. The average molecular weight is 280 g/mol. The number of hydrogen-bond acceptors (Lipinski definition) is 5. The molecule has 0 radical (unpaired) electrons. The summed E-state index contributed by atoms with van der Waals surface area (Å²) in [4.78, 5) is 24.2. The fraction of sp³-hybridized carbons (Fsp3) is 0.462. The second-order valence-corrected chi connectivity index (χ2v) is 4.67. The van der Waals surface area contributed by atoms with Crippen LogP contribution in [0.1, 0.15) is 23.2 Å². The van der Waals surface area contributed by atoms with E-state index in [9.17, 15) is 20.0 Å². The van der Waals surface area contributed by atoms with Crippen molar-refractivity contribution in [3.05, 3.63) is 33.9 Å². The summed E-state index contributed by atoms with van der Waals surface area (Å²) in [6.07, 6.45) is 0.692. The Balaban J connectivity index is 2.22. The molecular formula is C13H16N2O5. The molecule has 108 valence electrons. The lowest BCUT2D eigenvalue weighted by molar-refractivity contribution is -0.385. The number of amides is 1. The zero-order valence-electron chi connectivity index (χ0n) is 11.1. The molecule has 1 fully saturated rings. The first-order chi connectivity index (χ1) is 9.52. The summed E-state index contributed by atoms with van der Waals surface area (Å²) < 4.78 is 4.90. The van der Waals surface area contributed by atoms with Gasteiger partial charge in [0.25, 0.3) is 5.91 Å². The molecule has 0 bridgehead atoms. The van der Waals surface area contributed by atoms with E-state index in [-0.39, 0.29) is 29.0 Å². The molecule has 1 aliphatic rings. The third-order valence-electron chi connectivity index (χ3n) is 3.37. The summed E-state index contributed by atoms with van der Waals surface area (Å²) >= 11 is 0. The highest BCUT2D eigenvalue weighted by Crippen LogP contribution is 2.28. The van der Waals surface area contributed by atoms with Gasteiger partial charge in [-0.2, -0.15) is 0 Å². The topological polar surface area (TPSA) is 92.9 Å². The van der Waals surface area contributed by atoms with E-state index in [1.165, 1.54) is 25.3 Å². The minimum Gasteiger partial charge on any atom is -0.490 e. The third-order valence-corrected chi connectivity index (χ3v) is 3.37. The molecule has 0 aromatic heterocycles. The van der Waals surface area contributed by atoms with E-state index in [1.54, 1.807) is 4.90 Å². The monoisotopic (exact) mass is 280 g/mol. The van der Waals surface area contributed by atoms with Crippen molar-refractivity contribution in [3.63, 3.8) is 0 Å². The summed E-state index contributed by atoms with van der Waals surface area (Å²) in [5.41, 5.74) is 0.0317. The Morgan fingerprint density at radius 1 is 1.45 bits per heavy atom. The predicted molar refractivity (Wildman–Crippen MR) is 70.8 cm³/mol. The zero-order chi connectivity index (χ0) is 14.7. The van der Waals surface area contributed by atoms with Crippen LogP contribution in [0.25, 0.3) is 0 Å². The van der Waals surface area contributed by atoms with Crippen LogP contribution in [0.15, 0.2) is 18.2 Å². The zero-order valence-corrected chi connectivity index (χ0v) is 11.1. The van der Waals surface area contributed by atoms with Gasteiger partial charge in [-0.3, -0.25) is 14.9 Å². The van der Waals surface area contributed by atoms with E-state index in [0.717, 1.165) is 0 Å². The molecule has 20 heavy (non-hydrogen) atoms. The smallest absolute Gasteiger partial charge is 0.311 e. The lowest BCUT2D eigenvalue weighted by Gasteiger charge is -2.29. The molecule has 7 nitrogen and oxygen atoms in total. The molecule has 0 saturated carbocycles. The Morgan fingerprint density at radius 3 is 2.65 bits per heavy atom. The summed E-state index contributed by atoms with van der Waals surface area (Å²) in [5.74, 6) is -0.136. The number of likely N-dealkylation sites (tertiary alicyclic amines) is 1. The molecule has 1 aromatic rings. The SMILES string of the molecule is COc1ccc(C(=O)N2CCC(O)CC2)cc1[N+](=O)[O-]. The molecule has 1 aliphatic heterocycles. The first-order valence-corrected chi connectivity index (χ1v) is 6.32. The second-order valence-electron chi connectivity index (χ2n) is 4.67. The second kappa shape index (κ2) is 5.87. The molecule has 0 aliphatic carbocycles. The van der Waals surface area contributed by atoms with Crippen LogP contribution in [0.4, 0.5) is 5.69 Å². The standard InChI is InChI=1S/C13H16N2O5/c1-20-12-3-2-9(8-11(12)15(18)19)13(17)14-6-4-10(16)5-7-14/h2-3,8,10,16H,4-7H2,1H3. The van der Waals surface area contributed by atoms with Gasteiger partial charge in [0.2, 0.25) is 0 Å². The van der Waals surface area contributed by atoms with Crippen molar-refractivity contribution in [1.82, 2.24) is 4.90 Å². The number of hydrogen-bond donors (Lipinski definition) is 1. The van der Waals surface area contributed by atoms with Crippen molar-refractivity contribution in [2.45, 2.75) is 18.9 Å². The van der Waals surface area contributed by atoms with E-state index >= 15 is 0 Å². The van der Waals surface area contributed by atoms with Crippen molar-refractivity contribution < 1.29 is 19.6 Å². The van der Waals surface area contributed by atoms with Crippen molar-refractivity contribution in [2.24, 2.45) is 0 Å². The minimum absolute atomic E-state index is 0.126. The molecule has 0 spiro atoms. The van der Waals surface area contributed by atoms with Gasteiger partial charge in [0.15, 0.2) is 5.75 Å². The Morgan fingerprint density at radius 2 is 2.10 bits per heavy atom. The number of ether oxygens (including phenoxy) is 1. The fourth-order valence-corrected chi connectivity index (χ4v) is 2.22. The van der Waals surface area contributed by atoms with Gasteiger partial charge in [0.05, 0.1) is 18.1 Å². The van der Waals surface area contributed by atoms with Gasteiger partial charge in [-0.25, -0.2) is 0 Å². The third kappa shape index (κ3) is 2.88. The number of benzene rings is 1. The number of nitro benzene ring substituents is 1. The largest absolute Gasteiger partial charge is 0.490 e. The highest BCUT2D eigenvalue weighted by atomic mass is 16.6. The van der Waals surface area contributed by atoms with Crippen LogP contribution in [0.2, 0.25) is 0 Å². The van der Waals surface area contributed by atoms with Gasteiger partial charge in [0, 0.05) is 24.7 Å². The number of aliphatic hydroxyl groups is 1. The van der Waals surface area contributed by atoms with Crippen LogP contribution < -0.4 is 4.74 Å². The predicted octanol–water partition coefficient (Wildman–Crippen LogP) is 1.20. The van der Waals surface area contributed by atoms with Gasteiger partial charge in [-0.05, 0) is 25.0 Å². The van der Waals surface area contributed by atoms with Crippen LogP contribution in [0.5, 0.6) is 5.75 Å². The fourth-order valence-electron chi connectivity index (χ4n) is 2.22. The molecule has 7 heteroatoms. The lowest BCUT2D eigenvalue weighted by atomic mass is 10.1. The highest BCUT2D eigenvalue weighted by molar-refractivity contribution is 5.95. The molecule has 1 amide bonds. The number of nitro groups is 1. The maximum atomic E-state index is 12.3. The Hall–Kier alpha value is -2.15. The van der Waals surface area contributed by atoms with Gasteiger partial charge >= 0.3 is 5.69 Å². The Labute approximate surface area is 115 Å². The first-order valence-electron chi connectivity index (χ1n) is 6.32. The first kappa shape index (κ1) is 14.3. The maximum absolute atomic E-state index is 12.3. The van der Waals surface area contributed by atoms with Crippen LogP contribution in [-0.2, 0) is 0 Å². The Kier molecular flexibility index (Phi) is 4.19. The summed E-state index contributed by atoms with van der Waals surface area (Å²) in [5, 5.41) is 20.4. The van der Waals surface area contributed by atoms with E-state index in [0.29, 0.717) is 25.9 Å². The van der Waals surface area contributed by atoms with Gasteiger partial charge in [-0.15, -0.1) is 0 Å². The van der Waals surface area contributed by atoms with E-state index in [2.05, 4.69) is 0 Å². The van der Waals surface area contributed by atoms with Crippen molar-refractivity contribution >= 4 is 11.6 Å². The molecule has 1 saturated heterocycles. The number of rotatable bonds is 3. The van der Waals surface area contributed by atoms with E-state index in [4.69, 9.17) is 4.74 Å². The number of methoxy groups -OCH3 is 1. The quantitative estimate of drug-likeness (QED) is 0.663. The Bertz CT molecular complexity index is 523. The molecular weight excluding hydrogens is 264 g/mol. The number of nitrogens with zero attached hydrogens (tertiary/aromatic N) is 2. The summed E-state index contributed by atoms with van der Waals surface area (Å²) in [6, 6.07) is 4.16. The van der Waals surface area contributed by atoms with Crippen molar-refractivity contribution in [1.29, 1.82) is 0 Å². The van der Waals surface area contributed by atoms with Crippen LogP contribution in [-0.4, -0.2) is 47.1 Å². The highest BCUT2D eigenvalue weighted by Gasteiger charge is 2.24. The summed E-state index contributed by atoms with van der Waals surface area (Å²) in [7, 11) is 1.34. The van der Waals surface area contributed by atoms with Crippen molar-refractivity contribution in [3.8, 4) is 5.75 Å². The maximum Gasteiger partial charge on any atom is 0.311 e. The number of aliphatic hydroxyl groups excluding tert-OH is 1. The number of piperidine rings is 1. The molecule has 1 N–H and O–H groups in total. The van der Waals surface area contributed by atoms with Gasteiger partial charge < -0.3 is 14.7 Å². The molecule has 0 unspecified atom stereocenters. The van der Waals surface area contributed by atoms with Crippen LogP contribution in [0, 0.1) is 10.1 Å². The van der Waals surface area contributed by atoms with E-state index < -0.39 is 4.92 Å².